The van der Waals surface area contributed by atoms with Crippen LogP contribution in [0.5, 0.6) is 0 Å². The normalized spacial score (nSPS) is 18.5. The van der Waals surface area contributed by atoms with Crippen LogP contribution in [0.25, 0.3) is 0 Å². The highest BCUT2D eigenvalue weighted by molar-refractivity contribution is 7.10. The lowest BCUT2D eigenvalue weighted by molar-refractivity contribution is 0.0763. The first-order chi connectivity index (χ1) is 7.66. The van der Waals surface area contributed by atoms with E-state index in [1.807, 2.05) is 23.3 Å². The number of thiophene rings is 1. The largest absolute Gasteiger partial charge is 0.337 e. The van der Waals surface area contributed by atoms with E-state index in [4.69, 9.17) is 0 Å². The van der Waals surface area contributed by atoms with Gasteiger partial charge in [-0.05, 0) is 33.0 Å². The van der Waals surface area contributed by atoms with Gasteiger partial charge in [-0.25, -0.2) is 0 Å². The molecule has 0 spiro atoms. The Morgan fingerprint density at radius 1 is 1.31 bits per heavy atom. The van der Waals surface area contributed by atoms with Gasteiger partial charge in [-0.3, -0.25) is 4.79 Å². The number of nitrogens with zero attached hydrogens (tertiary/aromatic N) is 2. The molecule has 0 aromatic carbocycles. The fourth-order valence-electron chi connectivity index (χ4n) is 1.99. The fraction of sp³-hybridized carbons (Fsp3) is 0.583. The predicted molar refractivity (Wildman–Crippen MR) is 67.1 cm³/mol. The fourth-order valence-corrected chi connectivity index (χ4v) is 2.66. The molecule has 16 heavy (non-hydrogen) atoms. The molecule has 1 aromatic rings. The van der Waals surface area contributed by atoms with Gasteiger partial charge in [0.05, 0.1) is 5.56 Å². The molecule has 1 aliphatic heterocycles. The Kier molecular flexibility index (Phi) is 3.61. The topological polar surface area (TPSA) is 23.6 Å². The van der Waals surface area contributed by atoms with Crippen LogP contribution in [0.1, 0.15) is 21.7 Å². The second-order valence-corrected chi connectivity index (χ2v) is 5.51. The maximum Gasteiger partial charge on any atom is 0.254 e. The number of carbonyl (C=O) groups is 1. The summed E-state index contributed by atoms with van der Waals surface area (Å²) in [6.45, 7) is 5.85. The summed E-state index contributed by atoms with van der Waals surface area (Å²) in [4.78, 5) is 17.7. The van der Waals surface area contributed by atoms with Crippen LogP contribution in [0.4, 0.5) is 0 Å². The Bertz CT molecular complexity index is 375. The van der Waals surface area contributed by atoms with Crippen LogP contribution < -0.4 is 0 Å². The molecule has 1 amide bonds. The summed E-state index contributed by atoms with van der Waals surface area (Å²) >= 11 is 1.64. The third-order valence-corrected chi connectivity index (χ3v) is 3.85. The summed E-state index contributed by atoms with van der Waals surface area (Å²) in [5, 5.41) is 1.96. The summed E-state index contributed by atoms with van der Waals surface area (Å²) in [6.07, 6.45) is 1.07. The van der Waals surface area contributed by atoms with E-state index in [-0.39, 0.29) is 5.91 Å². The summed E-state index contributed by atoms with van der Waals surface area (Å²) in [5.74, 6) is 0.194. The smallest absolute Gasteiger partial charge is 0.254 e. The lowest BCUT2D eigenvalue weighted by atomic mass is 10.2. The third kappa shape index (κ3) is 2.62. The van der Waals surface area contributed by atoms with E-state index >= 15 is 0 Å². The molecule has 3 nitrogen and oxygen atoms in total. The first-order valence-corrected chi connectivity index (χ1v) is 6.58. The molecule has 0 radical (unpaired) electrons. The first kappa shape index (κ1) is 11.6. The minimum Gasteiger partial charge on any atom is -0.337 e. The summed E-state index contributed by atoms with van der Waals surface area (Å²) in [6, 6.07) is 1.99. The average molecular weight is 238 g/mol. The quantitative estimate of drug-likeness (QED) is 0.745. The Labute approximate surface area is 101 Å². The maximum atomic E-state index is 12.2. The number of likely N-dealkylation sites (N-methyl/N-ethyl adjacent to an activating group) is 1. The van der Waals surface area contributed by atoms with Crippen molar-refractivity contribution >= 4 is 17.2 Å². The molecule has 2 heterocycles. The molecule has 1 aromatic heterocycles. The molecule has 0 N–H and O–H groups in total. The van der Waals surface area contributed by atoms with Crippen molar-refractivity contribution in [3.8, 4) is 0 Å². The zero-order valence-corrected chi connectivity index (χ0v) is 10.7. The Morgan fingerprint density at radius 2 is 2.12 bits per heavy atom. The van der Waals surface area contributed by atoms with Crippen LogP contribution in [0.2, 0.25) is 0 Å². The predicted octanol–water partition coefficient (Wildman–Crippen LogP) is 1.83. The number of rotatable bonds is 1. The highest BCUT2D eigenvalue weighted by atomic mass is 32.1. The van der Waals surface area contributed by atoms with Gasteiger partial charge in [-0.15, -0.1) is 11.3 Å². The second-order valence-electron chi connectivity index (χ2n) is 4.40. The molecular weight excluding hydrogens is 220 g/mol. The molecule has 88 valence electrons. The standard InChI is InChI=1S/C12H18N2OS/c1-10-8-11(9-16-10)12(15)14-5-3-4-13(2)6-7-14/h8-9H,3-7H2,1-2H3. The minimum absolute atomic E-state index is 0.194. The second kappa shape index (κ2) is 4.97. The molecule has 1 fully saturated rings. The van der Waals surface area contributed by atoms with E-state index < -0.39 is 0 Å². The SMILES string of the molecule is Cc1cc(C(=O)N2CCCN(C)CC2)cs1. The lowest BCUT2D eigenvalue weighted by Gasteiger charge is -2.19. The highest BCUT2D eigenvalue weighted by Gasteiger charge is 2.19. The van der Waals surface area contributed by atoms with Gasteiger partial charge in [0.25, 0.3) is 5.91 Å². The number of hydrogen-bond donors (Lipinski definition) is 0. The molecule has 0 bridgehead atoms. The zero-order valence-electron chi connectivity index (χ0n) is 9.90. The van der Waals surface area contributed by atoms with E-state index in [1.54, 1.807) is 11.3 Å². The third-order valence-electron chi connectivity index (χ3n) is 2.98. The van der Waals surface area contributed by atoms with Gasteiger partial charge in [0, 0.05) is 29.9 Å². The van der Waals surface area contributed by atoms with Crippen molar-refractivity contribution in [3.05, 3.63) is 21.9 Å². The van der Waals surface area contributed by atoms with Crippen LogP contribution in [-0.4, -0.2) is 48.9 Å². The van der Waals surface area contributed by atoms with Gasteiger partial charge in [0.2, 0.25) is 0 Å². The van der Waals surface area contributed by atoms with E-state index in [1.165, 1.54) is 4.88 Å². The number of aryl methyl sites for hydroxylation is 1. The molecule has 0 atom stereocenters. The zero-order chi connectivity index (χ0) is 11.5. The molecular formula is C12H18N2OS. The van der Waals surface area contributed by atoms with Crippen LogP contribution in [0.3, 0.4) is 0 Å². The van der Waals surface area contributed by atoms with Crippen molar-refractivity contribution in [2.45, 2.75) is 13.3 Å². The summed E-state index contributed by atoms with van der Waals surface area (Å²) in [5.41, 5.74) is 0.854. The number of hydrogen-bond acceptors (Lipinski definition) is 3. The monoisotopic (exact) mass is 238 g/mol. The minimum atomic E-state index is 0.194. The van der Waals surface area contributed by atoms with Crippen molar-refractivity contribution < 1.29 is 4.79 Å². The van der Waals surface area contributed by atoms with Crippen LogP contribution in [-0.2, 0) is 0 Å². The first-order valence-electron chi connectivity index (χ1n) is 5.70. The average Bonchev–Trinajstić information content (AvgIpc) is 2.57. The molecule has 4 heteroatoms. The number of amides is 1. The van der Waals surface area contributed by atoms with Gasteiger partial charge < -0.3 is 9.80 Å². The van der Waals surface area contributed by atoms with Crippen LogP contribution >= 0.6 is 11.3 Å². The molecule has 1 saturated heterocycles. The van der Waals surface area contributed by atoms with Crippen molar-refractivity contribution in [3.63, 3.8) is 0 Å². The molecule has 0 aliphatic carbocycles. The molecule has 0 unspecified atom stereocenters. The van der Waals surface area contributed by atoms with E-state index in [0.29, 0.717) is 0 Å². The van der Waals surface area contributed by atoms with Gasteiger partial charge >= 0.3 is 0 Å². The lowest BCUT2D eigenvalue weighted by Crippen LogP contribution is -2.34. The van der Waals surface area contributed by atoms with E-state index in [2.05, 4.69) is 11.9 Å². The number of carbonyl (C=O) groups excluding carboxylic acids is 1. The molecule has 0 saturated carbocycles. The van der Waals surface area contributed by atoms with Gasteiger partial charge in [-0.2, -0.15) is 0 Å². The van der Waals surface area contributed by atoms with Crippen LogP contribution in [0, 0.1) is 6.92 Å². The Hall–Kier alpha value is -0.870. The summed E-state index contributed by atoms with van der Waals surface area (Å²) in [7, 11) is 2.11. The van der Waals surface area contributed by atoms with Gasteiger partial charge in [0.1, 0.15) is 0 Å². The Balaban J connectivity index is 2.04. The summed E-state index contributed by atoms with van der Waals surface area (Å²) < 4.78 is 0. The van der Waals surface area contributed by atoms with E-state index in [9.17, 15) is 4.79 Å². The highest BCUT2D eigenvalue weighted by Crippen LogP contribution is 2.16. The van der Waals surface area contributed by atoms with Crippen molar-refractivity contribution in [2.75, 3.05) is 33.2 Å². The Morgan fingerprint density at radius 3 is 2.81 bits per heavy atom. The van der Waals surface area contributed by atoms with Gasteiger partial charge in [0.15, 0.2) is 0 Å². The molecule has 1 aliphatic rings. The maximum absolute atomic E-state index is 12.2. The van der Waals surface area contributed by atoms with Crippen molar-refractivity contribution in [1.29, 1.82) is 0 Å². The van der Waals surface area contributed by atoms with Gasteiger partial charge in [-0.1, -0.05) is 0 Å². The van der Waals surface area contributed by atoms with Crippen LogP contribution in [0.15, 0.2) is 11.4 Å². The van der Waals surface area contributed by atoms with Crippen molar-refractivity contribution in [2.24, 2.45) is 0 Å². The molecule has 2 rings (SSSR count). The van der Waals surface area contributed by atoms with Crippen molar-refractivity contribution in [1.82, 2.24) is 9.80 Å². The van der Waals surface area contributed by atoms with E-state index in [0.717, 1.165) is 38.2 Å².